The van der Waals surface area contributed by atoms with Crippen molar-refractivity contribution in [3.05, 3.63) is 24.0 Å². The van der Waals surface area contributed by atoms with E-state index in [1.165, 1.54) is 5.56 Å². The molecule has 0 radical (unpaired) electrons. The second-order valence-corrected chi connectivity index (χ2v) is 2.90. The van der Waals surface area contributed by atoms with Crippen LogP contribution in [0.2, 0.25) is 0 Å². The lowest BCUT2D eigenvalue weighted by molar-refractivity contribution is 0.412. The molecule has 0 aliphatic heterocycles. The average molecular weight is 186 g/mol. The van der Waals surface area contributed by atoms with E-state index in [2.05, 4.69) is 4.98 Å². The second-order valence-electron chi connectivity index (χ2n) is 2.53. The van der Waals surface area contributed by atoms with Gasteiger partial charge >= 0.3 is 0 Å². The van der Waals surface area contributed by atoms with Gasteiger partial charge in [0, 0.05) is 12.1 Å². The molecular formula is C9H12ClNO. The summed E-state index contributed by atoms with van der Waals surface area (Å²) in [6, 6.07) is 1.99. The number of alkyl halides is 1. The summed E-state index contributed by atoms with van der Waals surface area (Å²) in [6.45, 7) is 0. The van der Waals surface area contributed by atoms with Crippen molar-refractivity contribution in [2.75, 3.05) is 13.0 Å². The lowest BCUT2D eigenvalue weighted by atomic mass is 10.2. The summed E-state index contributed by atoms with van der Waals surface area (Å²) in [5.74, 6) is 1.50. The molecule has 0 aliphatic carbocycles. The van der Waals surface area contributed by atoms with Crippen molar-refractivity contribution in [3.8, 4) is 5.75 Å². The van der Waals surface area contributed by atoms with Crippen LogP contribution < -0.4 is 4.74 Å². The fourth-order valence-electron chi connectivity index (χ4n) is 0.983. The van der Waals surface area contributed by atoms with Crippen LogP contribution in [0.1, 0.15) is 12.0 Å². The van der Waals surface area contributed by atoms with E-state index in [1.54, 1.807) is 13.3 Å². The largest absolute Gasteiger partial charge is 0.495 e. The maximum absolute atomic E-state index is 5.57. The molecule has 0 aliphatic rings. The minimum atomic E-state index is 0.692. The van der Waals surface area contributed by atoms with Gasteiger partial charge in [-0.05, 0) is 24.5 Å². The summed E-state index contributed by atoms with van der Waals surface area (Å²) in [7, 11) is 1.64. The van der Waals surface area contributed by atoms with Crippen LogP contribution in [0.3, 0.4) is 0 Å². The summed E-state index contributed by atoms with van der Waals surface area (Å²) in [4.78, 5) is 4.04. The normalized spacial score (nSPS) is 9.83. The molecule has 12 heavy (non-hydrogen) atoms. The fraction of sp³-hybridized carbons (Fsp3) is 0.444. The van der Waals surface area contributed by atoms with Gasteiger partial charge in [0.25, 0.3) is 0 Å². The minimum absolute atomic E-state index is 0.692. The Hall–Kier alpha value is -0.760. The Morgan fingerprint density at radius 3 is 3.00 bits per heavy atom. The molecule has 2 nitrogen and oxygen atoms in total. The topological polar surface area (TPSA) is 22.1 Å². The highest BCUT2D eigenvalue weighted by molar-refractivity contribution is 6.17. The van der Waals surface area contributed by atoms with Gasteiger partial charge in [0.05, 0.1) is 13.3 Å². The van der Waals surface area contributed by atoms with Crippen molar-refractivity contribution in [1.29, 1.82) is 0 Å². The first-order valence-corrected chi connectivity index (χ1v) is 4.44. The van der Waals surface area contributed by atoms with Crippen molar-refractivity contribution < 1.29 is 4.74 Å². The van der Waals surface area contributed by atoms with Crippen molar-refractivity contribution in [1.82, 2.24) is 4.98 Å². The van der Waals surface area contributed by atoms with Gasteiger partial charge in [0.2, 0.25) is 0 Å². The van der Waals surface area contributed by atoms with Gasteiger partial charge in [0.1, 0.15) is 5.75 Å². The van der Waals surface area contributed by atoms with Gasteiger partial charge in [-0.2, -0.15) is 0 Å². The number of aryl methyl sites for hydroxylation is 1. The molecule has 0 atom stereocenters. The molecule has 1 aromatic heterocycles. The molecule has 1 aromatic rings. The highest BCUT2D eigenvalue weighted by Gasteiger charge is 1.95. The fourth-order valence-corrected chi connectivity index (χ4v) is 1.12. The van der Waals surface area contributed by atoms with Crippen molar-refractivity contribution >= 4 is 11.6 Å². The Morgan fingerprint density at radius 1 is 1.50 bits per heavy atom. The van der Waals surface area contributed by atoms with Gasteiger partial charge in [0.15, 0.2) is 0 Å². The number of hydrogen-bond acceptors (Lipinski definition) is 2. The lowest BCUT2D eigenvalue weighted by Crippen LogP contribution is -1.90. The number of halogens is 1. The number of methoxy groups -OCH3 is 1. The third-order valence-corrected chi connectivity index (χ3v) is 1.87. The number of rotatable bonds is 4. The van der Waals surface area contributed by atoms with Crippen molar-refractivity contribution in [3.63, 3.8) is 0 Å². The predicted octanol–water partition coefficient (Wildman–Crippen LogP) is 2.26. The molecule has 0 fully saturated rings. The van der Waals surface area contributed by atoms with Gasteiger partial charge in [-0.3, -0.25) is 4.98 Å². The molecule has 0 aromatic carbocycles. The first-order valence-electron chi connectivity index (χ1n) is 3.90. The maximum atomic E-state index is 5.57. The van der Waals surface area contributed by atoms with Gasteiger partial charge < -0.3 is 4.74 Å². The van der Waals surface area contributed by atoms with E-state index in [-0.39, 0.29) is 0 Å². The Morgan fingerprint density at radius 2 is 2.33 bits per heavy atom. The quantitative estimate of drug-likeness (QED) is 0.672. The minimum Gasteiger partial charge on any atom is -0.495 e. The van der Waals surface area contributed by atoms with Crippen LogP contribution in [-0.4, -0.2) is 18.0 Å². The summed E-state index contributed by atoms with van der Waals surface area (Å²) < 4.78 is 5.04. The van der Waals surface area contributed by atoms with Crippen LogP contribution in [0.4, 0.5) is 0 Å². The van der Waals surface area contributed by atoms with E-state index >= 15 is 0 Å². The van der Waals surface area contributed by atoms with E-state index in [1.807, 2.05) is 12.3 Å². The highest BCUT2D eigenvalue weighted by Crippen LogP contribution is 2.11. The van der Waals surface area contributed by atoms with Crippen molar-refractivity contribution in [2.45, 2.75) is 12.8 Å². The number of pyridine rings is 1. The SMILES string of the molecule is COc1cncc(CCCCl)c1. The van der Waals surface area contributed by atoms with Crippen LogP contribution in [0, 0.1) is 0 Å². The van der Waals surface area contributed by atoms with E-state index < -0.39 is 0 Å². The highest BCUT2D eigenvalue weighted by atomic mass is 35.5. The summed E-state index contributed by atoms with van der Waals surface area (Å²) in [6.07, 6.45) is 5.49. The molecule has 0 N–H and O–H groups in total. The summed E-state index contributed by atoms with van der Waals surface area (Å²) in [5.41, 5.74) is 1.18. The van der Waals surface area contributed by atoms with Crippen LogP contribution in [0.5, 0.6) is 5.75 Å². The predicted molar refractivity (Wildman–Crippen MR) is 49.8 cm³/mol. The van der Waals surface area contributed by atoms with E-state index in [0.29, 0.717) is 5.88 Å². The molecular weight excluding hydrogens is 174 g/mol. The van der Waals surface area contributed by atoms with E-state index in [4.69, 9.17) is 16.3 Å². The summed E-state index contributed by atoms with van der Waals surface area (Å²) >= 11 is 5.57. The Bertz CT molecular complexity index is 240. The van der Waals surface area contributed by atoms with Gasteiger partial charge in [-0.1, -0.05) is 0 Å². The third kappa shape index (κ3) is 2.70. The van der Waals surface area contributed by atoms with E-state index in [9.17, 15) is 0 Å². The zero-order valence-electron chi connectivity index (χ0n) is 7.09. The Balaban J connectivity index is 2.60. The molecule has 1 heterocycles. The Kier molecular flexibility index (Phi) is 3.88. The monoisotopic (exact) mass is 185 g/mol. The molecule has 0 bridgehead atoms. The number of aromatic nitrogens is 1. The van der Waals surface area contributed by atoms with Crippen LogP contribution >= 0.6 is 11.6 Å². The van der Waals surface area contributed by atoms with Gasteiger partial charge in [-0.25, -0.2) is 0 Å². The van der Waals surface area contributed by atoms with E-state index in [0.717, 1.165) is 18.6 Å². The van der Waals surface area contributed by atoms with Crippen LogP contribution in [0.15, 0.2) is 18.5 Å². The number of nitrogens with zero attached hydrogens (tertiary/aromatic N) is 1. The first kappa shape index (κ1) is 9.33. The lowest BCUT2D eigenvalue weighted by Gasteiger charge is -2.01. The summed E-state index contributed by atoms with van der Waals surface area (Å²) in [5, 5.41) is 0. The Labute approximate surface area is 77.5 Å². The molecule has 0 saturated carbocycles. The maximum Gasteiger partial charge on any atom is 0.137 e. The molecule has 66 valence electrons. The van der Waals surface area contributed by atoms with Gasteiger partial charge in [-0.15, -0.1) is 11.6 Å². The smallest absolute Gasteiger partial charge is 0.137 e. The zero-order chi connectivity index (χ0) is 8.81. The first-order chi connectivity index (χ1) is 5.86. The number of ether oxygens (including phenoxy) is 1. The number of hydrogen-bond donors (Lipinski definition) is 0. The average Bonchev–Trinajstić information content (AvgIpc) is 2.15. The van der Waals surface area contributed by atoms with Crippen LogP contribution in [0.25, 0.3) is 0 Å². The molecule has 1 rings (SSSR count). The molecule has 0 spiro atoms. The third-order valence-electron chi connectivity index (χ3n) is 1.60. The molecule has 3 heteroatoms. The standard InChI is InChI=1S/C9H12ClNO/c1-12-9-5-8(3-2-4-10)6-11-7-9/h5-7H,2-4H2,1H3. The molecule has 0 saturated heterocycles. The molecule has 0 unspecified atom stereocenters. The molecule has 0 amide bonds. The van der Waals surface area contributed by atoms with Crippen LogP contribution in [-0.2, 0) is 6.42 Å². The second kappa shape index (κ2) is 4.99. The zero-order valence-corrected chi connectivity index (χ0v) is 7.84. The van der Waals surface area contributed by atoms with Crippen molar-refractivity contribution in [2.24, 2.45) is 0 Å².